The predicted molar refractivity (Wildman–Crippen MR) is 71.9 cm³/mol. The van der Waals surface area contributed by atoms with Crippen molar-refractivity contribution in [2.24, 2.45) is 0 Å². The number of nitriles is 1. The largest absolute Gasteiger partial charge is 0.471 e. The van der Waals surface area contributed by atoms with Gasteiger partial charge in [0, 0.05) is 18.8 Å². The van der Waals surface area contributed by atoms with Crippen LogP contribution in [0, 0.1) is 11.3 Å². The molecule has 1 aromatic rings. The molecule has 0 spiro atoms. The monoisotopic (exact) mass is 297 g/mol. The van der Waals surface area contributed by atoms with Crippen LogP contribution in [-0.2, 0) is 4.79 Å². The Kier molecular flexibility index (Phi) is 4.36. The highest BCUT2D eigenvalue weighted by Gasteiger charge is 2.38. The molecule has 1 amide bonds. The third kappa shape index (κ3) is 3.66. The van der Waals surface area contributed by atoms with Gasteiger partial charge < -0.3 is 10.2 Å². The van der Waals surface area contributed by atoms with Crippen LogP contribution >= 0.6 is 0 Å². The van der Waals surface area contributed by atoms with Crippen LogP contribution in [0.4, 0.5) is 24.5 Å². The second-order valence-electron chi connectivity index (χ2n) is 4.84. The van der Waals surface area contributed by atoms with Crippen LogP contribution in [0.5, 0.6) is 0 Å². The van der Waals surface area contributed by atoms with E-state index in [9.17, 15) is 18.0 Å². The number of hydrogen-bond donors (Lipinski definition) is 1. The minimum Gasteiger partial charge on any atom is -0.370 e. The van der Waals surface area contributed by atoms with Gasteiger partial charge in [-0.25, -0.2) is 0 Å². The summed E-state index contributed by atoms with van der Waals surface area (Å²) in [4.78, 5) is 12.9. The average Bonchev–Trinajstić information content (AvgIpc) is 2.47. The summed E-state index contributed by atoms with van der Waals surface area (Å²) in [7, 11) is 0. The standard InChI is InChI=1S/C14H14F3N3O/c15-14(16,17)13(21)19-11-4-5-12(10(8-11)9-18)20-6-2-1-3-7-20/h4-5,8H,1-3,6-7H2,(H,19,21). The number of amides is 1. The van der Waals surface area contributed by atoms with E-state index in [1.54, 1.807) is 11.4 Å². The first-order chi connectivity index (χ1) is 9.91. The minimum atomic E-state index is -4.95. The molecule has 1 saturated heterocycles. The number of carbonyl (C=O) groups is 1. The molecule has 1 aliphatic rings. The average molecular weight is 297 g/mol. The van der Waals surface area contributed by atoms with E-state index in [4.69, 9.17) is 5.26 Å². The van der Waals surface area contributed by atoms with Crippen molar-refractivity contribution in [2.75, 3.05) is 23.3 Å². The van der Waals surface area contributed by atoms with Crippen LogP contribution in [0.1, 0.15) is 24.8 Å². The van der Waals surface area contributed by atoms with Crippen LogP contribution in [0.3, 0.4) is 0 Å². The molecular weight excluding hydrogens is 283 g/mol. The first kappa shape index (κ1) is 15.2. The second-order valence-corrected chi connectivity index (χ2v) is 4.84. The molecule has 1 aliphatic heterocycles. The molecule has 0 aromatic heterocycles. The molecule has 0 aliphatic carbocycles. The van der Waals surface area contributed by atoms with E-state index in [1.807, 2.05) is 11.0 Å². The van der Waals surface area contributed by atoms with Crippen molar-refractivity contribution in [3.63, 3.8) is 0 Å². The van der Waals surface area contributed by atoms with Gasteiger partial charge in [-0.3, -0.25) is 4.79 Å². The number of piperidine rings is 1. The lowest BCUT2D eigenvalue weighted by Crippen LogP contribution is -2.31. The van der Waals surface area contributed by atoms with Crippen molar-refractivity contribution < 1.29 is 18.0 Å². The lowest BCUT2D eigenvalue weighted by Gasteiger charge is -2.29. The van der Waals surface area contributed by atoms with E-state index >= 15 is 0 Å². The van der Waals surface area contributed by atoms with Gasteiger partial charge in [0.2, 0.25) is 0 Å². The third-order valence-corrected chi connectivity index (χ3v) is 3.33. The van der Waals surface area contributed by atoms with Gasteiger partial charge in [0.15, 0.2) is 0 Å². The van der Waals surface area contributed by atoms with E-state index in [2.05, 4.69) is 0 Å². The summed E-state index contributed by atoms with van der Waals surface area (Å²) in [6.07, 6.45) is -1.76. The summed E-state index contributed by atoms with van der Waals surface area (Å²) < 4.78 is 36.6. The van der Waals surface area contributed by atoms with Crippen molar-refractivity contribution in [3.8, 4) is 6.07 Å². The molecule has 1 N–H and O–H groups in total. The van der Waals surface area contributed by atoms with E-state index in [1.165, 1.54) is 12.1 Å². The summed E-state index contributed by atoms with van der Waals surface area (Å²) in [5.74, 6) is -2.04. The van der Waals surface area contributed by atoms with Gasteiger partial charge >= 0.3 is 12.1 Å². The van der Waals surface area contributed by atoms with Crippen molar-refractivity contribution in [1.29, 1.82) is 5.26 Å². The van der Waals surface area contributed by atoms with E-state index in [0.717, 1.165) is 32.4 Å². The van der Waals surface area contributed by atoms with Crippen molar-refractivity contribution in [2.45, 2.75) is 25.4 Å². The Bertz CT molecular complexity index is 572. The number of rotatable bonds is 2. The SMILES string of the molecule is N#Cc1cc(NC(=O)C(F)(F)F)ccc1N1CCCCC1. The maximum atomic E-state index is 12.2. The molecule has 1 heterocycles. The predicted octanol–water partition coefficient (Wildman–Crippen LogP) is 3.05. The smallest absolute Gasteiger partial charge is 0.370 e. The molecule has 0 saturated carbocycles. The fourth-order valence-corrected chi connectivity index (χ4v) is 2.32. The summed E-state index contributed by atoms with van der Waals surface area (Å²) in [6.45, 7) is 1.64. The molecule has 0 atom stereocenters. The first-order valence-corrected chi connectivity index (χ1v) is 6.59. The van der Waals surface area contributed by atoms with Gasteiger partial charge in [-0.05, 0) is 37.5 Å². The van der Waals surface area contributed by atoms with Gasteiger partial charge in [-0.1, -0.05) is 0 Å². The zero-order valence-electron chi connectivity index (χ0n) is 11.2. The number of carbonyl (C=O) groups excluding carboxylic acids is 1. The molecule has 4 nitrogen and oxygen atoms in total. The number of alkyl halides is 3. The Morgan fingerprint density at radius 1 is 1.24 bits per heavy atom. The molecule has 7 heteroatoms. The van der Waals surface area contributed by atoms with Crippen LogP contribution in [0.2, 0.25) is 0 Å². The van der Waals surface area contributed by atoms with Crippen LogP contribution in [0.15, 0.2) is 18.2 Å². The molecule has 21 heavy (non-hydrogen) atoms. The van der Waals surface area contributed by atoms with Crippen LogP contribution in [0.25, 0.3) is 0 Å². The van der Waals surface area contributed by atoms with Crippen molar-refractivity contribution in [1.82, 2.24) is 0 Å². The van der Waals surface area contributed by atoms with Gasteiger partial charge in [0.1, 0.15) is 6.07 Å². The highest BCUT2D eigenvalue weighted by atomic mass is 19.4. The molecule has 0 unspecified atom stereocenters. The number of nitrogens with one attached hydrogen (secondary N) is 1. The molecule has 112 valence electrons. The number of hydrogen-bond acceptors (Lipinski definition) is 3. The number of benzene rings is 1. The summed E-state index contributed by atoms with van der Waals surface area (Å²) in [6, 6.07) is 6.21. The molecular formula is C14H14F3N3O. The zero-order chi connectivity index (χ0) is 15.5. The summed E-state index contributed by atoms with van der Waals surface area (Å²) in [5, 5.41) is 10.9. The fraction of sp³-hybridized carbons (Fsp3) is 0.429. The number of anilines is 2. The Labute approximate surface area is 120 Å². The van der Waals surface area contributed by atoms with E-state index in [-0.39, 0.29) is 11.3 Å². The normalized spacial score (nSPS) is 15.4. The Balaban J connectivity index is 2.20. The van der Waals surface area contributed by atoms with E-state index < -0.39 is 12.1 Å². The highest BCUT2D eigenvalue weighted by Crippen LogP contribution is 2.27. The second kappa shape index (κ2) is 6.04. The third-order valence-electron chi connectivity index (χ3n) is 3.33. The lowest BCUT2D eigenvalue weighted by molar-refractivity contribution is -0.167. The van der Waals surface area contributed by atoms with Gasteiger partial charge in [-0.2, -0.15) is 18.4 Å². The lowest BCUT2D eigenvalue weighted by atomic mass is 10.1. The van der Waals surface area contributed by atoms with Crippen molar-refractivity contribution in [3.05, 3.63) is 23.8 Å². The summed E-state index contributed by atoms with van der Waals surface area (Å²) in [5.41, 5.74) is 0.925. The maximum Gasteiger partial charge on any atom is 0.471 e. The fourth-order valence-electron chi connectivity index (χ4n) is 2.32. The van der Waals surface area contributed by atoms with Crippen LogP contribution in [-0.4, -0.2) is 25.2 Å². The summed E-state index contributed by atoms with van der Waals surface area (Å²) >= 11 is 0. The molecule has 1 aromatic carbocycles. The Hall–Kier alpha value is -2.23. The molecule has 2 rings (SSSR count). The van der Waals surface area contributed by atoms with Crippen molar-refractivity contribution >= 4 is 17.3 Å². The van der Waals surface area contributed by atoms with Gasteiger partial charge in [-0.15, -0.1) is 0 Å². The van der Waals surface area contributed by atoms with Gasteiger partial charge in [0.05, 0.1) is 11.3 Å². The Morgan fingerprint density at radius 2 is 1.90 bits per heavy atom. The Morgan fingerprint density at radius 3 is 2.48 bits per heavy atom. The molecule has 0 bridgehead atoms. The quantitative estimate of drug-likeness (QED) is 0.912. The molecule has 0 radical (unpaired) electrons. The zero-order valence-corrected chi connectivity index (χ0v) is 11.2. The maximum absolute atomic E-state index is 12.2. The number of nitrogens with zero attached hydrogens (tertiary/aromatic N) is 2. The van der Waals surface area contributed by atoms with E-state index in [0.29, 0.717) is 5.69 Å². The molecule has 1 fully saturated rings. The van der Waals surface area contributed by atoms with Crippen LogP contribution < -0.4 is 10.2 Å². The first-order valence-electron chi connectivity index (χ1n) is 6.59. The topological polar surface area (TPSA) is 56.1 Å². The van der Waals surface area contributed by atoms with Gasteiger partial charge in [0.25, 0.3) is 0 Å². The minimum absolute atomic E-state index is 0.0327. The number of halogens is 3. The highest BCUT2D eigenvalue weighted by molar-refractivity contribution is 5.95.